The number of amides is 1. The molecule has 1 unspecified atom stereocenters. The Labute approximate surface area is 127 Å². The van der Waals surface area contributed by atoms with E-state index in [1.165, 1.54) is 0 Å². The van der Waals surface area contributed by atoms with E-state index in [4.69, 9.17) is 5.11 Å². The first kappa shape index (κ1) is 19.2. The maximum Gasteiger partial charge on any atom is 0.320 e. The van der Waals surface area contributed by atoms with E-state index in [-0.39, 0.29) is 24.9 Å². The van der Waals surface area contributed by atoms with Gasteiger partial charge in [-0.3, -0.25) is 14.9 Å². The number of rotatable bonds is 9. The Morgan fingerprint density at radius 1 is 1.35 bits per heavy atom. The molecule has 1 fully saturated rings. The van der Waals surface area contributed by atoms with Gasteiger partial charge in [-0.05, 0) is 25.2 Å². The minimum atomic E-state index is -0.878. The number of carbonyl (C=O) groups is 2. The Balaban J connectivity index is 0.00000361. The predicted octanol–water partition coefficient (Wildman–Crippen LogP) is 1.90. The Morgan fingerprint density at radius 3 is 2.35 bits per heavy atom. The number of carboxylic acid groups (broad SMARTS) is 1. The van der Waals surface area contributed by atoms with Gasteiger partial charge in [0.15, 0.2) is 0 Å². The maximum atomic E-state index is 12.2. The van der Waals surface area contributed by atoms with Gasteiger partial charge in [-0.25, -0.2) is 0 Å². The van der Waals surface area contributed by atoms with Gasteiger partial charge in [-0.2, -0.15) is 0 Å². The average Bonchev–Trinajstić information content (AvgIpc) is 3.14. The Kier molecular flexibility index (Phi) is 8.81. The summed E-state index contributed by atoms with van der Waals surface area (Å²) in [4.78, 5) is 25.1. The second-order valence-corrected chi connectivity index (χ2v) is 5.73. The van der Waals surface area contributed by atoms with Gasteiger partial charge < -0.3 is 10.0 Å². The molecular formula is C14H27ClN2O3. The molecule has 0 saturated heterocycles. The topological polar surface area (TPSA) is 69.6 Å². The highest BCUT2D eigenvalue weighted by Crippen LogP contribution is 2.27. The molecular weight excluding hydrogens is 280 g/mol. The molecule has 0 bridgehead atoms. The van der Waals surface area contributed by atoms with Crippen LogP contribution in [-0.4, -0.2) is 47.1 Å². The van der Waals surface area contributed by atoms with Crippen molar-refractivity contribution in [3.8, 4) is 0 Å². The second-order valence-electron chi connectivity index (χ2n) is 5.73. The average molecular weight is 307 g/mol. The molecule has 0 aromatic rings. The molecule has 5 nitrogen and oxygen atoms in total. The van der Waals surface area contributed by atoms with E-state index in [1.54, 1.807) is 0 Å². The van der Waals surface area contributed by atoms with Crippen molar-refractivity contribution in [2.75, 3.05) is 13.1 Å². The summed E-state index contributed by atoms with van der Waals surface area (Å²) in [5.41, 5.74) is 0. The SMILES string of the molecule is CCCC(NCC(=O)N(CC(C)C)C1CC1)C(=O)O.Cl. The summed E-state index contributed by atoms with van der Waals surface area (Å²) in [5, 5.41) is 11.9. The highest BCUT2D eigenvalue weighted by Gasteiger charge is 2.32. The molecule has 1 rings (SSSR count). The molecule has 20 heavy (non-hydrogen) atoms. The van der Waals surface area contributed by atoms with Crippen LogP contribution >= 0.6 is 12.4 Å². The van der Waals surface area contributed by atoms with Crippen molar-refractivity contribution in [1.29, 1.82) is 0 Å². The third-order valence-electron chi connectivity index (χ3n) is 3.24. The van der Waals surface area contributed by atoms with E-state index < -0.39 is 12.0 Å². The molecule has 118 valence electrons. The Bertz CT molecular complexity index is 320. The smallest absolute Gasteiger partial charge is 0.320 e. The molecule has 1 atom stereocenters. The van der Waals surface area contributed by atoms with Crippen LogP contribution < -0.4 is 5.32 Å². The van der Waals surface area contributed by atoms with Crippen molar-refractivity contribution in [3.63, 3.8) is 0 Å². The highest BCUT2D eigenvalue weighted by atomic mass is 35.5. The van der Waals surface area contributed by atoms with E-state index in [1.807, 2.05) is 11.8 Å². The number of hydrogen-bond donors (Lipinski definition) is 2. The number of carbonyl (C=O) groups excluding carboxylic acids is 1. The number of hydrogen-bond acceptors (Lipinski definition) is 3. The lowest BCUT2D eigenvalue weighted by Crippen LogP contribution is -2.46. The van der Waals surface area contributed by atoms with E-state index in [9.17, 15) is 9.59 Å². The monoisotopic (exact) mass is 306 g/mol. The lowest BCUT2D eigenvalue weighted by Gasteiger charge is -2.25. The van der Waals surface area contributed by atoms with Crippen molar-refractivity contribution < 1.29 is 14.7 Å². The molecule has 1 amide bonds. The molecule has 1 saturated carbocycles. The molecule has 0 spiro atoms. The zero-order valence-corrected chi connectivity index (χ0v) is 13.4. The fraction of sp³-hybridized carbons (Fsp3) is 0.857. The Hall–Kier alpha value is -0.810. The number of aliphatic carboxylic acids is 1. The van der Waals surface area contributed by atoms with Gasteiger partial charge in [-0.1, -0.05) is 27.2 Å². The summed E-state index contributed by atoms with van der Waals surface area (Å²) in [6.45, 7) is 7.01. The number of nitrogens with zero attached hydrogens (tertiary/aromatic N) is 1. The molecule has 0 aliphatic heterocycles. The standard InChI is InChI=1S/C14H26N2O3.ClH/c1-4-5-12(14(18)19)15-8-13(17)16(9-10(2)3)11-6-7-11;/h10-12,15H,4-9H2,1-3H3,(H,18,19);1H. The van der Waals surface area contributed by atoms with Gasteiger partial charge in [0.2, 0.25) is 5.91 Å². The quantitative estimate of drug-likeness (QED) is 0.682. The maximum absolute atomic E-state index is 12.2. The zero-order valence-electron chi connectivity index (χ0n) is 12.6. The number of nitrogens with one attached hydrogen (secondary N) is 1. The molecule has 0 aromatic carbocycles. The zero-order chi connectivity index (χ0) is 14.4. The van der Waals surface area contributed by atoms with Gasteiger partial charge in [0, 0.05) is 12.6 Å². The van der Waals surface area contributed by atoms with E-state index in [0.29, 0.717) is 18.4 Å². The summed E-state index contributed by atoms with van der Waals surface area (Å²) in [5.74, 6) is -0.412. The lowest BCUT2D eigenvalue weighted by molar-refractivity contribution is -0.140. The second kappa shape index (κ2) is 9.19. The van der Waals surface area contributed by atoms with Crippen molar-refractivity contribution in [2.45, 2.75) is 58.5 Å². The first-order valence-corrected chi connectivity index (χ1v) is 7.21. The van der Waals surface area contributed by atoms with E-state index in [0.717, 1.165) is 25.8 Å². The number of halogens is 1. The van der Waals surface area contributed by atoms with Crippen molar-refractivity contribution >= 4 is 24.3 Å². The minimum absolute atomic E-state index is 0. The summed E-state index contributed by atoms with van der Waals surface area (Å²) < 4.78 is 0. The van der Waals surface area contributed by atoms with Crippen LogP contribution in [0.25, 0.3) is 0 Å². The minimum Gasteiger partial charge on any atom is -0.480 e. The largest absolute Gasteiger partial charge is 0.480 e. The molecule has 2 N–H and O–H groups in total. The van der Waals surface area contributed by atoms with Crippen LogP contribution in [0.2, 0.25) is 0 Å². The summed E-state index contributed by atoms with van der Waals surface area (Å²) in [6.07, 6.45) is 3.50. The van der Waals surface area contributed by atoms with E-state index in [2.05, 4.69) is 19.2 Å². The third kappa shape index (κ3) is 6.57. The van der Waals surface area contributed by atoms with Crippen LogP contribution in [0.15, 0.2) is 0 Å². The molecule has 1 aliphatic rings. The summed E-state index contributed by atoms with van der Waals surface area (Å²) in [6, 6.07) is -0.236. The highest BCUT2D eigenvalue weighted by molar-refractivity contribution is 5.85. The van der Waals surface area contributed by atoms with Crippen LogP contribution in [0.3, 0.4) is 0 Å². The molecule has 0 radical (unpaired) electrons. The summed E-state index contributed by atoms with van der Waals surface area (Å²) >= 11 is 0. The van der Waals surface area contributed by atoms with Crippen LogP contribution in [0.4, 0.5) is 0 Å². The summed E-state index contributed by atoms with van der Waals surface area (Å²) in [7, 11) is 0. The first-order chi connectivity index (χ1) is 8.95. The molecule has 1 aliphatic carbocycles. The Morgan fingerprint density at radius 2 is 1.95 bits per heavy atom. The van der Waals surface area contributed by atoms with Crippen molar-refractivity contribution in [3.05, 3.63) is 0 Å². The fourth-order valence-electron chi connectivity index (χ4n) is 2.15. The number of carboxylic acids is 1. The molecule has 0 heterocycles. The third-order valence-corrected chi connectivity index (χ3v) is 3.24. The normalized spacial score (nSPS) is 15.6. The van der Waals surface area contributed by atoms with Gasteiger partial charge in [0.25, 0.3) is 0 Å². The van der Waals surface area contributed by atoms with Crippen molar-refractivity contribution in [1.82, 2.24) is 10.2 Å². The molecule has 0 aromatic heterocycles. The van der Waals surface area contributed by atoms with E-state index >= 15 is 0 Å². The predicted molar refractivity (Wildman–Crippen MR) is 81.2 cm³/mol. The van der Waals surface area contributed by atoms with Crippen LogP contribution in [0.5, 0.6) is 0 Å². The van der Waals surface area contributed by atoms with Crippen LogP contribution in [0, 0.1) is 5.92 Å². The van der Waals surface area contributed by atoms with Gasteiger partial charge >= 0.3 is 5.97 Å². The van der Waals surface area contributed by atoms with Crippen LogP contribution in [-0.2, 0) is 9.59 Å². The van der Waals surface area contributed by atoms with Gasteiger partial charge in [-0.15, -0.1) is 12.4 Å². The van der Waals surface area contributed by atoms with Crippen molar-refractivity contribution in [2.24, 2.45) is 5.92 Å². The first-order valence-electron chi connectivity index (χ1n) is 7.21. The lowest BCUT2D eigenvalue weighted by atomic mass is 10.1. The van der Waals surface area contributed by atoms with Gasteiger partial charge in [0.05, 0.1) is 6.54 Å². The van der Waals surface area contributed by atoms with Crippen LogP contribution in [0.1, 0.15) is 46.5 Å². The fourth-order valence-corrected chi connectivity index (χ4v) is 2.15. The molecule has 6 heteroatoms. The van der Waals surface area contributed by atoms with Gasteiger partial charge in [0.1, 0.15) is 6.04 Å².